The number of phenolic OH excluding ortho intramolecular Hbond substituents is 1. The molecular weight excluding hydrogens is 206 g/mol. The van der Waals surface area contributed by atoms with E-state index in [0.29, 0.717) is 18.7 Å². The number of hydrogen-bond donors (Lipinski definition) is 1. The normalized spacial score (nSPS) is 10.2. The predicted octanol–water partition coefficient (Wildman–Crippen LogP) is 1.42. The minimum atomic E-state index is -0.199. The number of benzene rings is 1. The van der Waals surface area contributed by atoms with Crippen LogP contribution in [0.4, 0.5) is 0 Å². The molecule has 0 saturated carbocycles. The van der Waals surface area contributed by atoms with Gasteiger partial charge in [0, 0.05) is 20.7 Å². The monoisotopic (exact) mass is 223 g/mol. The van der Waals surface area contributed by atoms with Crippen molar-refractivity contribution in [3.63, 3.8) is 0 Å². The van der Waals surface area contributed by atoms with Gasteiger partial charge in [0.05, 0.1) is 12.2 Å². The van der Waals surface area contributed by atoms with Crippen LogP contribution in [0.3, 0.4) is 0 Å². The molecular formula is C12H17NO3. The fraction of sp³-hybridized carbons (Fsp3) is 0.417. The summed E-state index contributed by atoms with van der Waals surface area (Å²) in [5, 5.41) is 9.66. The van der Waals surface area contributed by atoms with E-state index in [1.54, 1.807) is 32.4 Å². The van der Waals surface area contributed by atoms with E-state index in [2.05, 4.69) is 0 Å². The number of aromatic hydroxyl groups is 1. The van der Waals surface area contributed by atoms with Crippen molar-refractivity contribution in [1.29, 1.82) is 0 Å². The second-order valence-corrected chi connectivity index (χ2v) is 3.74. The van der Waals surface area contributed by atoms with Crippen LogP contribution in [0.25, 0.3) is 0 Å². The molecule has 0 aliphatic heterocycles. The molecule has 1 N–H and O–H groups in total. The lowest BCUT2D eigenvalue weighted by molar-refractivity contribution is 0.0741. The predicted molar refractivity (Wildman–Crippen MR) is 61.7 cm³/mol. The standard InChI is InChI=1S/C12H17NO3/c1-9-4-5-10(11(14)8-9)12(15)13(2)6-7-16-3/h4-5,8,14H,6-7H2,1-3H3. The number of methoxy groups -OCH3 is 1. The number of rotatable bonds is 4. The Morgan fingerprint density at radius 2 is 2.19 bits per heavy atom. The van der Waals surface area contributed by atoms with Crippen molar-refractivity contribution in [1.82, 2.24) is 4.90 Å². The van der Waals surface area contributed by atoms with Crippen LogP contribution in [0.1, 0.15) is 15.9 Å². The molecule has 4 heteroatoms. The van der Waals surface area contributed by atoms with E-state index in [-0.39, 0.29) is 11.7 Å². The first-order valence-corrected chi connectivity index (χ1v) is 5.10. The first-order chi connectivity index (χ1) is 7.56. The lowest BCUT2D eigenvalue weighted by Gasteiger charge is -2.17. The number of likely N-dealkylation sites (N-methyl/N-ethyl adjacent to an activating group) is 1. The molecule has 0 unspecified atom stereocenters. The van der Waals surface area contributed by atoms with Crippen molar-refractivity contribution in [3.05, 3.63) is 29.3 Å². The summed E-state index contributed by atoms with van der Waals surface area (Å²) in [7, 11) is 3.27. The third kappa shape index (κ3) is 2.97. The average Bonchev–Trinajstić information content (AvgIpc) is 2.25. The molecule has 0 radical (unpaired) electrons. The minimum absolute atomic E-state index is 0.0225. The van der Waals surface area contributed by atoms with Gasteiger partial charge in [-0.15, -0.1) is 0 Å². The Kier molecular flexibility index (Phi) is 4.31. The molecule has 0 aliphatic carbocycles. The van der Waals surface area contributed by atoms with Crippen molar-refractivity contribution in [2.45, 2.75) is 6.92 Å². The van der Waals surface area contributed by atoms with E-state index in [1.165, 1.54) is 4.90 Å². The van der Waals surface area contributed by atoms with Crippen LogP contribution in [-0.2, 0) is 4.74 Å². The summed E-state index contributed by atoms with van der Waals surface area (Å²) < 4.78 is 4.89. The zero-order chi connectivity index (χ0) is 12.1. The SMILES string of the molecule is COCCN(C)C(=O)c1ccc(C)cc1O. The molecule has 1 aromatic rings. The summed E-state index contributed by atoms with van der Waals surface area (Å²) in [4.78, 5) is 13.4. The van der Waals surface area contributed by atoms with E-state index >= 15 is 0 Å². The topological polar surface area (TPSA) is 49.8 Å². The molecule has 1 rings (SSSR count). The van der Waals surface area contributed by atoms with Gasteiger partial charge in [0.15, 0.2) is 0 Å². The smallest absolute Gasteiger partial charge is 0.257 e. The van der Waals surface area contributed by atoms with Gasteiger partial charge in [-0.2, -0.15) is 0 Å². The summed E-state index contributed by atoms with van der Waals surface area (Å²) in [5.74, 6) is -0.177. The number of carbonyl (C=O) groups excluding carboxylic acids is 1. The highest BCUT2D eigenvalue weighted by molar-refractivity contribution is 5.96. The first kappa shape index (κ1) is 12.5. The number of carbonyl (C=O) groups is 1. The molecule has 0 heterocycles. The van der Waals surface area contributed by atoms with Crippen LogP contribution in [0, 0.1) is 6.92 Å². The fourth-order valence-electron chi connectivity index (χ4n) is 1.36. The summed E-state index contributed by atoms with van der Waals surface area (Å²) in [6, 6.07) is 5.02. The van der Waals surface area contributed by atoms with Crippen molar-refractivity contribution in [2.75, 3.05) is 27.3 Å². The van der Waals surface area contributed by atoms with E-state index in [0.717, 1.165) is 5.56 Å². The quantitative estimate of drug-likeness (QED) is 0.839. The molecule has 0 atom stereocenters. The molecule has 4 nitrogen and oxygen atoms in total. The van der Waals surface area contributed by atoms with Crippen LogP contribution < -0.4 is 0 Å². The summed E-state index contributed by atoms with van der Waals surface area (Å²) >= 11 is 0. The molecule has 0 bridgehead atoms. The summed E-state index contributed by atoms with van der Waals surface area (Å²) in [6.07, 6.45) is 0. The third-order valence-corrected chi connectivity index (χ3v) is 2.36. The van der Waals surface area contributed by atoms with E-state index < -0.39 is 0 Å². The van der Waals surface area contributed by atoms with Crippen LogP contribution in [0.2, 0.25) is 0 Å². The molecule has 0 spiro atoms. The maximum atomic E-state index is 11.9. The Balaban J connectivity index is 2.79. The summed E-state index contributed by atoms with van der Waals surface area (Å²) in [6.45, 7) is 2.85. The van der Waals surface area contributed by atoms with Gasteiger partial charge in [-0.1, -0.05) is 6.07 Å². The van der Waals surface area contributed by atoms with Gasteiger partial charge in [0.2, 0.25) is 0 Å². The molecule has 0 aromatic heterocycles. The molecule has 16 heavy (non-hydrogen) atoms. The van der Waals surface area contributed by atoms with Gasteiger partial charge >= 0.3 is 0 Å². The highest BCUT2D eigenvalue weighted by atomic mass is 16.5. The number of ether oxygens (including phenoxy) is 1. The second-order valence-electron chi connectivity index (χ2n) is 3.74. The van der Waals surface area contributed by atoms with Crippen molar-refractivity contribution < 1.29 is 14.6 Å². The maximum Gasteiger partial charge on any atom is 0.257 e. The van der Waals surface area contributed by atoms with Crippen LogP contribution in [0.5, 0.6) is 5.75 Å². The molecule has 88 valence electrons. The Morgan fingerprint density at radius 1 is 1.50 bits per heavy atom. The number of hydrogen-bond acceptors (Lipinski definition) is 3. The maximum absolute atomic E-state index is 11.9. The average molecular weight is 223 g/mol. The van der Waals surface area contributed by atoms with Crippen LogP contribution >= 0.6 is 0 Å². The van der Waals surface area contributed by atoms with Gasteiger partial charge in [-0.25, -0.2) is 0 Å². The highest BCUT2D eigenvalue weighted by Gasteiger charge is 2.15. The van der Waals surface area contributed by atoms with E-state index in [4.69, 9.17) is 4.74 Å². The molecule has 1 amide bonds. The van der Waals surface area contributed by atoms with Crippen LogP contribution in [0.15, 0.2) is 18.2 Å². The largest absolute Gasteiger partial charge is 0.507 e. The molecule has 0 saturated heterocycles. The molecule has 0 aliphatic rings. The number of phenols is 1. The van der Waals surface area contributed by atoms with Crippen molar-refractivity contribution in [3.8, 4) is 5.75 Å². The molecule has 0 fully saturated rings. The van der Waals surface area contributed by atoms with Gasteiger partial charge in [0.25, 0.3) is 5.91 Å². The third-order valence-electron chi connectivity index (χ3n) is 2.36. The Morgan fingerprint density at radius 3 is 2.75 bits per heavy atom. The fourth-order valence-corrected chi connectivity index (χ4v) is 1.36. The molecule has 1 aromatic carbocycles. The van der Waals surface area contributed by atoms with E-state index in [1.807, 2.05) is 6.92 Å². The van der Waals surface area contributed by atoms with Gasteiger partial charge in [-0.3, -0.25) is 4.79 Å². The minimum Gasteiger partial charge on any atom is -0.507 e. The highest BCUT2D eigenvalue weighted by Crippen LogP contribution is 2.19. The van der Waals surface area contributed by atoms with Gasteiger partial charge in [-0.05, 0) is 24.6 Å². The first-order valence-electron chi connectivity index (χ1n) is 5.10. The Hall–Kier alpha value is -1.55. The van der Waals surface area contributed by atoms with Crippen molar-refractivity contribution in [2.24, 2.45) is 0 Å². The zero-order valence-corrected chi connectivity index (χ0v) is 9.86. The Labute approximate surface area is 95.5 Å². The number of amides is 1. The number of nitrogens with zero attached hydrogens (tertiary/aromatic N) is 1. The summed E-state index contributed by atoms with van der Waals surface area (Å²) in [5.41, 5.74) is 1.25. The van der Waals surface area contributed by atoms with Crippen molar-refractivity contribution >= 4 is 5.91 Å². The zero-order valence-electron chi connectivity index (χ0n) is 9.86. The van der Waals surface area contributed by atoms with Gasteiger partial charge < -0.3 is 14.7 Å². The van der Waals surface area contributed by atoms with Gasteiger partial charge in [0.1, 0.15) is 5.75 Å². The number of aryl methyl sites for hydroxylation is 1. The second kappa shape index (κ2) is 5.51. The lowest BCUT2D eigenvalue weighted by atomic mass is 10.1. The Bertz CT molecular complexity index is 377. The van der Waals surface area contributed by atoms with E-state index in [9.17, 15) is 9.90 Å². The lowest BCUT2D eigenvalue weighted by Crippen LogP contribution is -2.29. The van der Waals surface area contributed by atoms with Crippen LogP contribution in [-0.4, -0.2) is 43.2 Å².